The van der Waals surface area contributed by atoms with Crippen LogP contribution in [0.4, 0.5) is 0 Å². The van der Waals surface area contributed by atoms with Crippen molar-refractivity contribution >= 4 is 23.6 Å². The summed E-state index contributed by atoms with van der Waals surface area (Å²) in [6.45, 7) is 0. The highest BCUT2D eigenvalue weighted by atomic mass is 35.5. The number of hydrogen-bond acceptors (Lipinski definition) is 1. The van der Waals surface area contributed by atoms with E-state index in [1.165, 1.54) is 6.08 Å². The van der Waals surface area contributed by atoms with Gasteiger partial charge in [-0.25, -0.2) is 4.79 Å². The normalized spacial score (nSPS) is 11.9. The maximum atomic E-state index is 10.2. The van der Waals surface area contributed by atoms with Crippen molar-refractivity contribution in [2.45, 2.75) is 0 Å². The number of carbonyl (C=O) groups is 1. The third-order valence-electron chi connectivity index (χ3n) is 1.49. The first kappa shape index (κ1) is 10.5. The van der Waals surface area contributed by atoms with Gasteiger partial charge in [0.1, 0.15) is 0 Å². The molecule has 0 saturated carbocycles. The summed E-state index contributed by atoms with van der Waals surface area (Å²) in [5, 5.41) is 8.74. The number of benzene rings is 1. The van der Waals surface area contributed by atoms with E-state index in [1.807, 2.05) is 30.3 Å². The first-order chi connectivity index (χ1) is 6.68. The molecule has 0 fully saturated rings. The molecule has 0 atom stereocenters. The molecule has 1 rings (SSSR count). The maximum Gasteiger partial charge on any atom is 0.328 e. The Balaban J connectivity index is 2.74. The van der Waals surface area contributed by atoms with Crippen molar-refractivity contribution in [2.24, 2.45) is 0 Å². The van der Waals surface area contributed by atoms with E-state index in [1.54, 1.807) is 6.08 Å². The molecule has 0 bridgehead atoms. The van der Waals surface area contributed by atoms with Gasteiger partial charge in [0.15, 0.2) is 0 Å². The minimum atomic E-state index is -1.01. The van der Waals surface area contributed by atoms with Crippen LogP contribution in [0.1, 0.15) is 5.56 Å². The van der Waals surface area contributed by atoms with Gasteiger partial charge in [-0.2, -0.15) is 0 Å². The molecule has 0 aromatic heterocycles. The van der Waals surface area contributed by atoms with Crippen LogP contribution in [0.5, 0.6) is 0 Å². The van der Waals surface area contributed by atoms with Crippen molar-refractivity contribution in [3.8, 4) is 0 Å². The van der Waals surface area contributed by atoms with Gasteiger partial charge in [-0.1, -0.05) is 41.9 Å². The van der Waals surface area contributed by atoms with Crippen molar-refractivity contribution in [3.05, 3.63) is 53.1 Å². The summed E-state index contributed by atoms with van der Waals surface area (Å²) in [5.74, 6) is -1.01. The Bertz CT molecular complexity index is 366. The van der Waals surface area contributed by atoms with Crippen LogP contribution < -0.4 is 0 Å². The van der Waals surface area contributed by atoms with Gasteiger partial charge in [0.2, 0.25) is 0 Å². The van der Waals surface area contributed by atoms with Gasteiger partial charge in [-0.3, -0.25) is 0 Å². The van der Waals surface area contributed by atoms with E-state index in [4.69, 9.17) is 16.7 Å². The van der Waals surface area contributed by atoms with Crippen LogP contribution in [0.15, 0.2) is 47.5 Å². The van der Waals surface area contributed by atoms with Crippen LogP contribution in [-0.2, 0) is 4.79 Å². The molecule has 72 valence electrons. The van der Waals surface area contributed by atoms with Crippen LogP contribution >= 0.6 is 11.6 Å². The molecule has 0 aliphatic rings. The molecule has 0 aliphatic carbocycles. The summed E-state index contributed by atoms with van der Waals surface area (Å²) in [6.07, 6.45) is 4.04. The summed E-state index contributed by atoms with van der Waals surface area (Å²) in [7, 11) is 0. The van der Waals surface area contributed by atoms with Gasteiger partial charge in [-0.15, -0.1) is 0 Å². The molecular weight excluding hydrogens is 200 g/mol. The monoisotopic (exact) mass is 208 g/mol. The molecule has 0 aliphatic heterocycles. The molecule has 0 spiro atoms. The Morgan fingerprint density at radius 3 is 2.43 bits per heavy atom. The molecule has 3 heteroatoms. The molecular formula is C11H9ClO2. The van der Waals surface area contributed by atoms with Crippen LogP contribution in [0, 0.1) is 0 Å². The van der Waals surface area contributed by atoms with E-state index in [2.05, 4.69) is 0 Å². The van der Waals surface area contributed by atoms with Gasteiger partial charge < -0.3 is 5.11 Å². The highest BCUT2D eigenvalue weighted by molar-refractivity contribution is 6.33. The summed E-state index contributed by atoms with van der Waals surface area (Å²) in [6, 6.07) is 9.44. The minimum Gasteiger partial charge on any atom is -0.478 e. The highest BCUT2D eigenvalue weighted by Crippen LogP contribution is 2.10. The molecule has 0 amide bonds. The molecule has 14 heavy (non-hydrogen) atoms. The van der Waals surface area contributed by atoms with E-state index in [-0.39, 0.29) is 0 Å². The number of halogens is 1. The second kappa shape index (κ2) is 5.25. The Hall–Kier alpha value is -1.54. The Morgan fingerprint density at radius 1 is 1.21 bits per heavy atom. The summed E-state index contributed by atoms with van der Waals surface area (Å²) >= 11 is 5.77. The summed E-state index contributed by atoms with van der Waals surface area (Å²) in [5.41, 5.74) is 0.938. The molecule has 0 radical (unpaired) electrons. The first-order valence-corrected chi connectivity index (χ1v) is 4.39. The molecule has 0 saturated heterocycles. The standard InChI is InChI=1S/C11H9ClO2/c12-10(6-7-11(13)14)8-9-4-2-1-3-5-9/h1-8H,(H,13,14)/b7-6+,10-8-. The predicted molar refractivity (Wildman–Crippen MR) is 57.0 cm³/mol. The summed E-state index contributed by atoms with van der Waals surface area (Å²) in [4.78, 5) is 10.2. The van der Waals surface area contributed by atoms with Gasteiger partial charge in [0.25, 0.3) is 0 Å². The number of rotatable bonds is 3. The quantitative estimate of drug-likeness (QED) is 0.613. The van der Waals surface area contributed by atoms with Gasteiger partial charge in [0.05, 0.1) is 0 Å². The third kappa shape index (κ3) is 3.92. The van der Waals surface area contributed by atoms with Gasteiger partial charge in [-0.05, 0) is 17.7 Å². The topological polar surface area (TPSA) is 37.3 Å². The van der Waals surface area contributed by atoms with Gasteiger partial charge >= 0.3 is 5.97 Å². The fraction of sp³-hybridized carbons (Fsp3) is 0. The largest absolute Gasteiger partial charge is 0.478 e. The molecule has 2 nitrogen and oxygen atoms in total. The zero-order valence-electron chi connectivity index (χ0n) is 7.35. The van der Waals surface area contributed by atoms with E-state index in [9.17, 15) is 4.79 Å². The van der Waals surface area contributed by atoms with Crippen LogP contribution in [-0.4, -0.2) is 11.1 Å². The number of aliphatic carboxylic acids is 1. The lowest BCUT2D eigenvalue weighted by atomic mass is 10.2. The zero-order chi connectivity index (χ0) is 10.4. The van der Waals surface area contributed by atoms with Crippen LogP contribution in [0.2, 0.25) is 0 Å². The Morgan fingerprint density at radius 2 is 1.86 bits per heavy atom. The second-order valence-electron chi connectivity index (χ2n) is 2.61. The number of hydrogen-bond donors (Lipinski definition) is 1. The fourth-order valence-electron chi connectivity index (χ4n) is 0.907. The average Bonchev–Trinajstić information content (AvgIpc) is 2.16. The minimum absolute atomic E-state index is 0.388. The lowest BCUT2D eigenvalue weighted by Gasteiger charge is -1.91. The molecule has 0 heterocycles. The summed E-state index contributed by atoms with van der Waals surface area (Å²) < 4.78 is 0. The molecule has 1 aromatic carbocycles. The van der Waals surface area contributed by atoms with Crippen molar-refractivity contribution in [1.82, 2.24) is 0 Å². The number of carboxylic acids is 1. The Kier molecular flexibility index (Phi) is 3.95. The third-order valence-corrected chi connectivity index (χ3v) is 1.72. The van der Waals surface area contributed by atoms with E-state index >= 15 is 0 Å². The fourth-order valence-corrected chi connectivity index (χ4v) is 1.10. The maximum absolute atomic E-state index is 10.2. The average molecular weight is 209 g/mol. The highest BCUT2D eigenvalue weighted by Gasteiger charge is 1.90. The van der Waals surface area contributed by atoms with Crippen LogP contribution in [0.3, 0.4) is 0 Å². The lowest BCUT2D eigenvalue weighted by molar-refractivity contribution is -0.131. The van der Waals surface area contributed by atoms with Crippen molar-refractivity contribution < 1.29 is 9.90 Å². The lowest BCUT2D eigenvalue weighted by Crippen LogP contribution is -1.85. The smallest absolute Gasteiger partial charge is 0.328 e. The first-order valence-electron chi connectivity index (χ1n) is 4.02. The molecule has 1 N–H and O–H groups in total. The Labute approximate surface area is 87.1 Å². The van der Waals surface area contributed by atoms with E-state index in [0.29, 0.717) is 5.03 Å². The van der Waals surface area contributed by atoms with Gasteiger partial charge in [0, 0.05) is 11.1 Å². The van der Waals surface area contributed by atoms with Crippen molar-refractivity contribution in [3.63, 3.8) is 0 Å². The second-order valence-corrected chi connectivity index (χ2v) is 3.05. The van der Waals surface area contributed by atoms with Crippen LogP contribution in [0.25, 0.3) is 6.08 Å². The number of carboxylic acid groups (broad SMARTS) is 1. The van der Waals surface area contributed by atoms with Crippen molar-refractivity contribution in [2.75, 3.05) is 0 Å². The predicted octanol–water partition coefficient (Wildman–Crippen LogP) is 2.91. The number of allylic oxidation sites excluding steroid dienone is 2. The zero-order valence-corrected chi connectivity index (χ0v) is 8.11. The molecule has 0 unspecified atom stereocenters. The van der Waals surface area contributed by atoms with E-state index < -0.39 is 5.97 Å². The SMILES string of the molecule is O=C(O)/C=C/C(Cl)=C/c1ccccc1. The van der Waals surface area contributed by atoms with Crippen molar-refractivity contribution in [1.29, 1.82) is 0 Å². The molecule has 1 aromatic rings. The van der Waals surface area contributed by atoms with E-state index in [0.717, 1.165) is 11.6 Å².